The second-order valence-electron chi connectivity index (χ2n) is 4.88. The molecule has 2 nitrogen and oxygen atoms in total. The summed E-state index contributed by atoms with van der Waals surface area (Å²) in [7, 11) is 0. The second kappa shape index (κ2) is 3.84. The molecular formula is C13H18O2. The van der Waals surface area contributed by atoms with E-state index in [4.69, 9.17) is 5.11 Å². The Balaban J connectivity index is 2.11. The Kier molecular flexibility index (Phi) is 2.68. The highest BCUT2D eigenvalue weighted by Gasteiger charge is 2.43. The van der Waals surface area contributed by atoms with E-state index < -0.39 is 5.97 Å². The standard InChI is InChI=1S/C13H18O2/c1-10(9-12(14)15)8-11-4-7-13(11)5-2-3-6-13/h8-9H,2-7H2,1H3,(H,14,15)/b10-9-,11-8+. The van der Waals surface area contributed by atoms with Crippen molar-refractivity contribution in [2.45, 2.75) is 45.4 Å². The predicted molar refractivity (Wildman–Crippen MR) is 59.6 cm³/mol. The highest BCUT2D eigenvalue weighted by Crippen LogP contribution is 2.57. The fourth-order valence-electron chi connectivity index (χ4n) is 2.98. The normalized spacial score (nSPS) is 27.0. The van der Waals surface area contributed by atoms with E-state index in [9.17, 15) is 4.79 Å². The molecule has 2 aliphatic rings. The summed E-state index contributed by atoms with van der Waals surface area (Å²) in [5.41, 5.74) is 2.85. The van der Waals surface area contributed by atoms with Crippen molar-refractivity contribution in [3.8, 4) is 0 Å². The maximum Gasteiger partial charge on any atom is 0.328 e. The molecule has 0 heterocycles. The lowest BCUT2D eigenvalue weighted by Crippen LogP contribution is -2.29. The highest BCUT2D eigenvalue weighted by atomic mass is 16.4. The fourth-order valence-corrected chi connectivity index (χ4v) is 2.98. The largest absolute Gasteiger partial charge is 0.478 e. The fraction of sp³-hybridized carbons (Fsp3) is 0.615. The lowest BCUT2D eigenvalue weighted by molar-refractivity contribution is -0.131. The summed E-state index contributed by atoms with van der Waals surface area (Å²) in [6.45, 7) is 1.88. The zero-order valence-electron chi connectivity index (χ0n) is 9.25. The van der Waals surface area contributed by atoms with Crippen molar-refractivity contribution in [1.82, 2.24) is 0 Å². The molecule has 2 fully saturated rings. The molecule has 0 amide bonds. The summed E-state index contributed by atoms with van der Waals surface area (Å²) < 4.78 is 0. The van der Waals surface area contributed by atoms with Gasteiger partial charge in [-0.05, 0) is 43.6 Å². The Morgan fingerprint density at radius 3 is 2.47 bits per heavy atom. The summed E-state index contributed by atoms with van der Waals surface area (Å²) in [6.07, 6.45) is 11.2. The summed E-state index contributed by atoms with van der Waals surface area (Å²) in [5, 5.41) is 8.64. The Hall–Kier alpha value is -1.05. The van der Waals surface area contributed by atoms with Crippen molar-refractivity contribution >= 4 is 5.97 Å². The molecule has 2 aliphatic carbocycles. The van der Waals surface area contributed by atoms with E-state index in [0.717, 1.165) is 5.57 Å². The van der Waals surface area contributed by atoms with E-state index in [1.807, 2.05) is 6.92 Å². The van der Waals surface area contributed by atoms with Crippen molar-refractivity contribution < 1.29 is 9.90 Å². The quantitative estimate of drug-likeness (QED) is 0.704. The topological polar surface area (TPSA) is 37.3 Å². The van der Waals surface area contributed by atoms with E-state index in [2.05, 4.69) is 6.08 Å². The van der Waals surface area contributed by atoms with Crippen LogP contribution in [0.4, 0.5) is 0 Å². The van der Waals surface area contributed by atoms with Crippen LogP contribution < -0.4 is 0 Å². The number of hydrogen-bond acceptors (Lipinski definition) is 1. The van der Waals surface area contributed by atoms with Crippen molar-refractivity contribution in [1.29, 1.82) is 0 Å². The Morgan fingerprint density at radius 2 is 2.00 bits per heavy atom. The number of hydrogen-bond donors (Lipinski definition) is 1. The zero-order chi connectivity index (χ0) is 10.9. The molecule has 0 radical (unpaired) electrons. The minimum Gasteiger partial charge on any atom is -0.478 e. The second-order valence-corrected chi connectivity index (χ2v) is 4.88. The molecule has 0 aromatic rings. The molecule has 2 heteroatoms. The average molecular weight is 206 g/mol. The van der Waals surface area contributed by atoms with Crippen molar-refractivity contribution in [2.75, 3.05) is 0 Å². The van der Waals surface area contributed by atoms with Gasteiger partial charge in [-0.2, -0.15) is 0 Å². The van der Waals surface area contributed by atoms with Gasteiger partial charge in [-0.25, -0.2) is 4.79 Å². The number of carboxylic acid groups (broad SMARTS) is 1. The first-order valence-corrected chi connectivity index (χ1v) is 5.75. The maximum absolute atomic E-state index is 10.5. The number of allylic oxidation sites excluding steroid dienone is 3. The van der Waals surface area contributed by atoms with Crippen LogP contribution >= 0.6 is 0 Å². The molecule has 1 N–H and O–H groups in total. The number of carboxylic acids is 1. The molecule has 1 spiro atoms. The van der Waals surface area contributed by atoms with Gasteiger partial charge in [-0.15, -0.1) is 0 Å². The molecule has 0 aromatic carbocycles. The van der Waals surface area contributed by atoms with Gasteiger partial charge < -0.3 is 5.11 Å². The third-order valence-corrected chi connectivity index (χ3v) is 3.87. The van der Waals surface area contributed by atoms with Gasteiger partial charge in [0.1, 0.15) is 0 Å². The number of aliphatic carboxylic acids is 1. The molecule has 0 aliphatic heterocycles. The average Bonchev–Trinajstić information content (AvgIpc) is 2.62. The lowest BCUT2D eigenvalue weighted by atomic mass is 9.63. The van der Waals surface area contributed by atoms with Crippen LogP contribution in [0.3, 0.4) is 0 Å². The maximum atomic E-state index is 10.5. The molecule has 2 rings (SSSR count). The molecule has 2 saturated carbocycles. The minimum atomic E-state index is -0.843. The van der Waals surface area contributed by atoms with Crippen LogP contribution in [-0.4, -0.2) is 11.1 Å². The van der Waals surface area contributed by atoms with E-state index in [0.29, 0.717) is 5.41 Å². The van der Waals surface area contributed by atoms with Crippen molar-refractivity contribution in [3.63, 3.8) is 0 Å². The lowest BCUT2D eigenvalue weighted by Gasteiger charge is -2.42. The highest BCUT2D eigenvalue weighted by molar-refractivity contribution is 5.81. The van der Waals surface area contributed by atoms with Gasteiger partial charge in [-0.1, -0.05) is 24.5 Å². The zero-order valence-corrected chi connectivity index (χ0v) is 9.25. The molecular weight excluding hydrogens is 188 g/mol. The van der Waals surface area contributed by atoms with Crippen LogP contribution in [0.15, 0.2) is 23.3 Å². The van der Waals surface area contributed by atoms with Gasteiger partial charge in [0.2, 0.25) is 0 Å². The molecule has 0 unspecified atom stereocenters. The minimum absolute atomic E-state index is 0.480. The van der Waals surface area contributed by atoms with E-state index in [-0.39, 0.29) is 0 Å². The van der Waals surface area contributed by atoms with Gasteiger partial charge in [0.15, 0.2) is 0 Å². The van der Waals surface area contributed by atoms with Crippen LogP contribution in [0.1, 0.15) is 45.4 Å². The molecule has 0 bridgehead atoms. The van der Waals surface area contributed by atoms with Crippen LogP contribution in [0, 0.1) is 5.41 Å². The van der Waals surface area contributed by atoms with Crippen molar-refractivity contribution in [3.05, 3.63) is 23.3 Å². The molecule has 15 heavy (non-hydrogen) atoms. The van der Waals surface area contributed by atoms with Gasteiger partial charge in [0.05, 0.1) is 0 Å². The molecule has 0 aromatic heterocycles. The third kappa shape index (κ3) is 1.99. The predicted octanol–water partition coefficient (Wildman–Crippen LogP) is 3.30. The first kappa shape index (κ1) is 10.5. The van der Waals surface area contributed by atoms with Gasteiger partial charge in [-0.3, -0.25) is 0 Å². The summed E-state index contributed by atoms with van der Waals surface area (Å²) in [5.74, 6) is -0.843. The Morgan fingerprint density at radius 1 is 1.33 bits per heavy atom. The van der Waals surface area contributed by atoms with Gasteiger partial charge >= 0.3 is 5.97 Å². The first-order chi connectivity index (χ1) is 7.12. The number of carbonyl (C=O) groups is 1. The van der Waals surface area contributed by atoms with Crippen molar-refractivity contribution in [2.24, 2.45) is 5.41 Å². The van der Waals surface area contributed by atoms with Gasteiger partial charge in [0, 0.05) is 6.08 Å². The monoisotopic (exact) mass is 206 g/mol. The summed E-state index contributed by atoms with van der Waals surface area (Å²) >= 11 is 0. The van der Waals surface area contributed by atoms with E-state index in [1.165, 1.54) is 50.2 Å². The Labute approximate surface area is 90.7 Å². The van der Waals surface area contributed by atoms with Crippen LogP contribution in [0.25, 0.3) is 0 Å². The molecule has 0 saturated heterocycles. The summed E-state index contributed by atoms with van der Waals surface area (Å²) in [6, 6.07) is 0. The Bertz CT molecular complexity index is 330. The molecule has 0 atom stereocenters. The molecule has 82 valence electrons. The SMILES string of the molecule is CC(=C/C(=O)O)/C=C1\CCC12CCCC2. The first-order valence-electron chi connectivity index (χ1n) is 5.75. The van der Waals surface area contributed by atoms with E-state index >= 15 is 0 Å². The van der Waals surface area contributed by atoms with Crippen LogP contribution in [0.5, 0.6) is 0 Å². The van der Waals surface area contributed by atoms with Crippen LogP contribution in [0.2, 0.25) is 0 Å². The number of rotatable bonds is 2. The van der Waals surface area contributed by atoms with Gasteiger partial charge in [0.25, 0.3) is 0 Å². The smallest absolute Gasteiger partial charge is 0.328 e. The van der Waals surface area contributed by atoms with E-state index in [1.54, 1.807) is 0 Å². The third-order valence-electron chi connectivity index (χ3n) is 3.87. The van der Waals surface area contributed by atoms with Crippen LogP contribution in [-0.2, 0) is 4.79 Å². The summed E-state index contributed by atoms with van der Waals surface area (Å²) in [4.78, 5) is 10.5.